The smallest absolute Gasteiger partial charge is 0.0771 e. The summed E-state index contributed by atoms with van der Waals surface area (Å²) in [5.74, 6) is 0.749. The maximum absolute atomic E-state index is 10.3. The normalized spacial score (nSPS) is 34.7. The van der Waals surface area contributed by atoms with Gasteiger partial charge < -0.3 is 15.5 Å². The third-order valence-electron chi connectivity index (χ3n) is 3.93. The quantitative estimate of drug-likeness (QED) is 0.672. The Morgan fingerprint density at radius 2 is 1.94 bits per heavy atom. The molecule has 96 valence electrons. The van der Waals surface area contributed by atoms with Gasteiger partial charge in [0.1, 0.15) is 0 Å². The van der Waals surface area contributed by atoms with Crippen molar-refractivity contribution in [1.82, 2.24) is 5.32 Å². The lowest BCUT2D eigenvalue weighted by Gasteiger charge is -2.36. The summed E-state index contributed by atoms with van der Waals surface area (Å²) >= 11 is 0. The van der Waals surface area contributed by atoms with Crippen LogP contribution in [-0.2, 0) is 0 Å². The van der Waals surface area contributed by atoms with Crippen molar-refractivity contribution in [2.75, 3.05) is 13.1 Å². The van der Waals surface area contributed by atoms with Gasteiger partial charge in [-0.05, 0) is 44.9 Å². The predicted molar refractivity (Wildman–Crippen MR) is 66.4 cm³/mol. The molecule has 1 aliphatic rings. The number of rotatable bonds is 5. The van der Waals surface area contributed by atoms with Crippen molar-refractivity contribution in [2.24, 2.45) is 5.92 Å². The number of hydrogen-bond donors (Lipinski definition) is 3. The molecule has 0 amide bonds. The summed E-state index contributed by atoms with van der Waals surface area (Å²) in [5, 5.41) is 23.4. The highest BCUT2D eigenvalue weighted by Crippen LogP contribution is 2.31. The summed E-state index contributed by atoms with van der Waals surface area (Å²) in [6.45, 7) is 7.21. The van der Waals surface area contributed by atoms with E-state index in [0.29, 0.717) is 13.1 Å². The van der Waals surface area contributed by atoms with Crippen LogP contribution in [0.25, 0.3) is 0 Å². The zero-order valence-corrected chi connectivity index (χ0v) is 10.9. The maximum atomic E-state index is 10.3. The lowest BCUT2D eigenvalue weighted by atomic mass is 9.79. The Morgan fingerprint density at radius 1 is 1.38 bits per heavy atom. The van der Waals surface area contributed by atoms with Crippen LogP contribution in [0.15, 0.2) is 0 Å². The first kappa shape index (κ1) is 13.9. The molecule has 16 heavy (non-hydrogen) atoms. The van der Waals surface area contributed by atoms with Gasteiger partial charge in [0.25, 0.3) is 0 Å². The second kappa shape index (κ2) is 5.48. The van der Waals surface area contributed by atoms with E-state index in [9.17, 15) is 10.2 Å². The van der Waals surface area contributed by atoms with Gasteiger partial charge in [0.05, 0.1) is 11.2 Å². The molecule has 1 fully saturated rings. The van der Waals surface area contributed by atoms with Gasteiger partial charge in [-0.15, -0.1) is 0 Å². The minimum Gasteiger partial charge on any atom is -0.389 e. The molecule has 1 rings (SSSR count). The van der Waals surface area contributed by atoms with E-state index in [4.69, 9.17) is 0 Å². The zero-order valence-electron chi connectivity index (χ0n) is 10.9. The molecule has 0 heterocycles. The van der Waals surface area contributed by atoms with E-state index in [2.05, 4.69) is 12.2 Å². The van der Waals surface area contributed by atoms with Crippen LogP contribution in [0.5, 0.6) is 0 Å². The topological polar surface area (TPSA) is 52.5 Å². The molecular weight excluding hydrogens is 202 g/mol. The van der Waals surface area contributed by atoms with Crippen LogP contribution in [0.3, 0.4) is 0 Å². The van der Waals surface area contributed by atoms with E-state index >= 15 is 0 Å². The maximum Gasteiger partial charge on any atom is 0.0771 e. The molecule has 1 aliphatic carbocycles. The highest BCUT2D eigenvalue weighted by molar-refractivity contribution is 4.87. The summed E-state index contributed by atoms with van der Waals surface area (Å²) in [5.41, 5.74) is -1.20. The number of nitrogens with one attached hydrogen (secondary N) is 1. The van der Waals surface area contributed by atoms with Crippen LogP contribution >= 0.6 is 0 Å². The van der Waals surface area contributed by atoms with Crippen molar-refractivity contribution in [1.29, 1.82) is 0 Å². The molecule has 0 aliphatic heterocycles. The van der Waals surface area contributed by atoms with Crippen molar-refractivity contribution in [3.05, 3.63) is 0 Å². The van der Waals surface area contributed by atoms with Crippen molar-refractivity contribution in [3.63, 3.8) is 0 Å². The molecule has 1 saturated carbocycles. The summed E-state index contributed by atoms with van der Waals surface area (Å²) in [4.78, 5) is 0. The Kier molecular flexibility index (Phi) is 4.77. The van der Waals surface area contributed by atoms with E-state index in [1.54, 1.807) is 0 Å². The van der Waals surface area contributed by atoms with Crippen LogP contribution in [0.4, 0.5) is 0 Å². The SMILES string of the molecule is CCC(C)(O)CNCC1(O)CCC(C)CC1. The molecule has 3 nitrogen and oxygen atoms in total. The Balaban J connectivity index is 2.26. The molecule has 0 spiro atoms. The fourth-order valence-corrected chi connectivity index (χ4v) is 2.17. The van der Waals surface area contributed by atoms with Gasteiger partial charge in [0.15, 0.2) is 0 Å². The summed E-state index contributed by atoms with van der Waals surface area (Å²) in [6, 6.07) is 0. The summed E-state index contributed by atoms with van der Waals surface area (Å²) in [6.07, 6.45) is 4.73. The molecular formula is C13H27NO2. The Morgan fingerprint density at radius 3 is 2.44 bits per heavy atom. The fourth-order valence-electron chi connectivity index (χ4n) is 2.17. The van der Waals surface area contributed by atoms with Gasteiger partial charge in [-0.3, -0.25) is 0 Å². The van der Waals surface area contributed by atoms with E-state index in [0.717, 1.165) is 38.0 Å². The Hall–Kier alpha value is -0.120. The number of aliphatic hydroxyl groups is 2. The minimum absolute atomic E-state index is 0.545. The van der Waals surface area contributed by atoms with Gasteiger partial charge in [0.2, 0.25) is 0 Å². The second-order valence-electron chi connectivity index (χ2n) is 5.86. The fraction of sp³-hybridized carbons (Fsp3) is 1.00. The van der Waals surface area contributed by atoms with E-state index in [1.807, 2.05) is 13.8 Å². The van der Waals surface area contributed by atoms with Crippen LogP contribution in [0, 0.1) is 5.92 Å². The lowest BCUT2D eigenvalue weighted by Crippen LogP contribution is -2.47. The average Bonchev–Trinajstić information content (AvgIpc) is 2.23. The highest BCUT2D eigenvalue weighted by atomic mass is 16.3. The van der Waals surface area contributed by atoms with Gasteiger partial charge in [-0.25, -0.2) is 0 Å². The second-order valence-corrected chi connectivity index (χ2v) is 5.86. The van der Waals surface area contributed by atoms with Crippen LogP contribution in [0.1, 0.15) is 52.9 Å². The molecule has 3 N–H and O–H groups in total. The van der Waals surface area contributed by atoms with E-state index in [-0.39, 0.29) is 0 Å². The minimum atomic E-state index is -0.654. The molecule has 0 radical (unpaired) electrons. The van der Waals surface area contributed by atoms with Gasteiger partial charge in [-0.1, -0.05) is 13.8 Å². The molecule has 0 bridgehead atoms. The molecule has 1 atom stereocenters. The van der Waals surface area contributed by atoms with Crippen molar-refractivity contribution >= 4 is 0 Å². The average molecular weight is 229 g/mol. The molecule has 0 aromatic rings. The molecule has 3 heteroatoms. The van der Waals surface area contributed by atoms with Crippen molar-refractivity contribution < 1.29 is 10.2 Å². The van der Waals surface area contributed by atoms with Gasteiger partial charge >= 0.3 is 0 Å². The van der Waals surface area contributed by atoms with Crippen LogP contribution in [0.2, 0.25) is 0 Å². The Bertz CT molecular complexity index is 208. The first-order chi connectivity index (χ1) is 7.37. The van der Waals surface area contributed by atoms with Gasteiger partial charge in [-0.2, -0.15) is 0 Å². The first-order valence-electron chi connectivity index (χ1n) is 6.52. The molecule has 0 aromatic heterocycles. The molecule has 0 saturated heterocycles. The van der Waals surface area contributed by atoms with Crippen LogP contribution < -0.4 is 5.32 Å². The highest BCUT2D eigenvalue weighted by Gasteiger charge is 2.31. The molecule has 0 aromatic carbocycles. The standard InChI is InChI=1S/C13H27NO2/c1-4-12(3,15)9-14-10-13(16)7-5-11(2)6-8-13/h11,14-16H,4-10H2,1-3H3. The third-order valence-corrected chi connectivity index (χ3v) is 3.93. The zero-order chi connectivity index (χ0) is 12.2. The first-order valence-corrected chi connectivity index (χ1v) is 6.52. The summed E-state index contributed by atoms with van der Waals surface area (Å²) in [7, 11) is 0. The predicted octanol–water partition coefficient (Wildman–Crippen LogP) is 1.68. The number of hydrogen-bond acceptors (Lipinski definition) is 3. The third kappa shape index (κ3) is 4.40. The Labute approximate surface area is 99.3 Å². The van der Waals surface area contributed by atoms with E-state index in [1.165, 1.54) is 0 Å². The van der Waals surface area contributed by atoms with Gasteiger partial charge in [0, 0.05) is 13.1 Å². The monoisotopic (exact) mass is 229 g/mol. The van der Waals surface area contributed by atoms with E-state index < -0.39 is 11.2 Å². The van der Waals surface area contributed by atoms with Crippen molar-refractivity contribution in [2.45, 2.75) is 64.1 Å². The molecule has 1 unspecified atom stereocenters. The van der Waals surface area contributed by atoms with Crippen molar-refractivity contribution in [3.8, 4) is 0 Å². The lowest BCUT2D eigenvalue weighted by molar-refractivity contribution is -0.0135. The van der Waals surface area contributed by atoms with Crippen LogP contribution in [-0.4, -0.2) is 34.5 Å². The summed E-state index contributed by atoms with van der Waals surface area (Å²) < 4.78 is 0. The largest absolute Gasteiger partial charge is 0.389 e.